The minimum atomic E-state index is -0.321. The fourth-order valence-electron chi connectivity index (χ4n) is 2.72. The average molecular weight is 342 g/mol. The van der Waals surface area contributed by atoms with Crippen molar-refractivity contribution < 1.29 is 9.59 Å². The van der Waals surface area contributed by atoms with Gasteiger partial charge in [0.1, 0.15) is 0 Å². The number of fused-ring (bicyclic) bond motifs is 1. The number of hydrogen-bond donors (Lipinski definition) is 5. The SMILES string of the molecule is CC(C)NC(=O)Nc1ccccc1NC(=O)c1n[nH]c2c1CNCC2. The molecule has 0 unspecified atom stereocenters. The van der Waals surface area contributed by atoms with E-state index in [4.69, 9.17) is 0 Å². The lowest BCUT2D eigenvalue weighted by atomic mass is 10.1. The van der Waals surface area contributed by atoms with E-state index in [2.05, 4.69) is 31.5 Å². The van der Waals surface area contributed by atoms with E-state index in [1.54, 1.807) is 24.3 Å². The number of benzene rings is 1. The predicted molar refractivity (Wildman–Crippen MR) is 95.7 cm³/mol. The van der Waals surface area contributed by atoms with Gasteiger partial charge in [0.25, 0.3) is 5.91 Å². The summed E-state index contributed by atoms with van der Waals surface area (Å²) in [5.74, 6) is -0.306. The van der Waals surface area contributed by atoms with Crippen LogP contribution in [0, 0.1) is 0 Å². The Morgan fingerprint density at radius 3 is 2.60 bits per heavy atom. The number of carbonyl (C=O) groups excluding carboxylic acids is 2. The van der Waals surface area contributed by atoms with Crippen LogP contribution in [0.4, 0.5) is 16.2 Å². The van der Waals surface area contributed by atoms with Crippen molar-refractivity contribution in [3.8, 4) is 0 Å². The van der Waals surface area contributed by atoms with Crippen molar-refractivity contribution in [2.75, 3.05) is 17.2 Å². The fraction of sp³-hybridized carbons (Fsp3) is 0.353. The maximum absolute atomic E-state index is 12.6. The second-order valence-electron chi connectivity index (χ2n) is 6.21. The van der Waals surface area contributed by atoms with Crippen molar-refractivity contribution in [2.45, 2.75) is 32.9 Å². The minimum absolute atomic E-state index is 0.0184. The molecule has 0 saturated heterocycles. The lowest BCUT2D eigenvalue weighted by molar-refractivity contribution is 0.102. The molecule has 25 heavy (non-hydrogen) atoms. The summed E-state index contributed by atoms with van der Waals surface area (Å²) in [7, 11) is 0. The third kappa shape index (κ3) is 3.97. The standard InChI is InChI=1S/C17H22N6O2/c1-10(2)19-17(25)21-14-6-4-3-5-13(14)20-16(24)15-11-9-18-8-7-12(11)22-23-15/h3-6,10,18H,7-9H2,1-2H3,(H,20,24)(H,22,23)(H2,19,21,25). The molecule has 0 radical (unpaired) electrons. The van der Waals surface area contributed by atoms with Crippen LogP contribution in [0.5, 0.6) is 0 Å². The Morgan fingerprint density at radius 2 is 1.88 bits per heavy atom. The second kappa shape index (κ2) is 7.35. The van der Waals surface area contributed by atoms with Crippen LogP contribution in [0.1, 0.15) is 35.6 Å². The van der Waals surface area contributed by atoms with Gasteiger partial charge in [0.2, 0.25) is 0 Å². The first kappa shape index (κ1) is 17.0. The van der Waals surface area contributed by atoms with E-state index >= 15 is 0 Å². The molecule has 3 amide bonds. The first-order valence-electron chi connectivity index (χ1n) is 8.29. The third-order valence-electron chi connectivity index (χ3n) is 3.86. The van der Waals surface area contributed by atoms with Gasteiger partial charge in [0.15, 0.2) is 5.69 Å². The van der Waals surface area contributed by atoms with Crippen molar-refractivity contribution in [3.63, 3.8) is 0 Å². The molecule has 0 fully saturated rings. The second-order valence-corrected chi connectivity index (χ2v) is 6.21. The highest BCUT2D eigenvalue weighted by Gasteiger charge is 2.22. The lowest BCUT2D eigenvalue weighted by Gasteiger charge is -2.15. The summed E-state index contributed by atoms with van der Waals surface area (Å²) in [5, 5.41) is 18.6. The number of urea groups is 1. The number of anilines is 2. The number of H-pyrrole nitrogens is 1. The van der Waals surface area contributed by atoms with Crippen molar-refractivity contribution in [2.24, 2.45) is 0 Å². The Hall–Kier alpha value is -2.87. The molecule has 1 aliphatic heterocycles. The molecule has 0 saturated carbocycles. The van der Waals surface area contributed by atoms with E-state index in [0.29, 0.717) is 23.6 Å². The molecule has 2 heterocycles. The summed E-state index contributed by atoms with van der Waals surface area (Å²) >= 11 is 0. The van der Waals surface area contributed by atoms with Gasteiger partial charge in [-0.3, -0.25) is 9.89 Å². The van der Waals surface area contributed by atoms with Crippen LogP contribution in [0.2, 0.25) is 0 Å². The first-order valence-corrected chi connectivity index (χ1v) is 8.29. The number of aromatic nitrogens is 2. The van der Waals surface area contributed by atoms with Crippen LogP contribution in [-0.2, 0) is 13.0 Å². The number of hydrogen-bond acceptors (Lipinski definition) is 4. The van der Waals surface area contributed by atoms with Gasteiger partial charge >= 0.3 is 6.03 Å². The lowest BCUT2D eigenvalue weighted by Crippen LogP contribution is -2.34. The third-order valence-corrected chi connectivity index (χ3v) is 3.86. The zero-order valence-corrected chi connectivity index (χ0v) is 14.3. The van der Waals surface area contributed by atoms with Crippen molar-refractivity contribution in [1.82, 2.24) is 20.8 Å². The topological polar surface area (TPSA) is 111 Å². The van der Waals surface area contributed by atoms with E-state index in [1.165, 1.54) is 0 Å². The highest BCUT2D eigenvalue weighted by Crippen LogP contribution is 2.23. The van der Waals surface area contributed by atoms with E-state index in [-0.39, 0.29) is 18.0 Å². The number of rotatable bonds is 4. The number of nitrogens with zero attached hydrogens (tertiary/aromatic N) is 1. The summed E-state index contributed by atoms with van der Waals surface area (Å²) < 4.78 is 0. The van der Waals surface area contributed by atoms with Gasteiger partial charge in [-0.05, 0) is 26.0 Å². The Morgan fingerprint density at radius 1 is 1.16 bits per heavy atom. The fourth-order valence-corrected chi connectivity index (χ4v) is 2.72. The number of amides is 3. The van der Waals surface area contributed by atoms with Gasteiger partial charge < -0.3 is 21.3 Å². The van der Waals surface area contributed by atoms with Crippen molar-refractivity contribution >= 4 is 23.3 Å². The van der Waals surface area contributed by atoms with Crippen molar-refractivity contribution in [3.05, 3.63) is 41.2 Å². The molecule has 0 aliphatic carbocycles. The normalized spacial score (nSPS) is 13.2. The van der Waals surface area contributed by atoms with Gasteiger partial charge in [0, 0.05) is 36.8 Å². The molecule has 0 atom stereocenters. The number of aromatic amines is 1. The molecule has 5 N–H and O–H groups in total. The maximum atomic E-state index is 12.6. The van der Waals surface area contributed by atoms with E-state index in [0.717, 1.165) is 24.2 Å². The molecule has 132 valence electrons. The Labute approximate surface area is 145 Å². The van der Waals surface area contributed by atoms with Gasteiger partial charge in [-0.15, -0.1) is 0 Å². The quantitative estimate of drug-likeness (QED) is 0.584. The van der Waals surface area contributed by atoms with Gasteiger partial charge in [0.05, 0.1) is 11.4 Å². The number of nitrogens with one attached hydrogen (secondary N) is 5. The number of para-hydroxylation sites is 2. The van der Waals surface area contributed by atoms with Crippen molar-refractivity contribution in [1.29, 1.82) is 0 Å². The monoisotopic (exact) mass is 342 g/mol. The molecule has 0 bridgehead atoms. The molecule has 1 aromatic carbocycles. The summed E-state index contributed by atoms with van der Waals surface area (Å²) in [5.41, 5.74) is 3.31. The van der Waals surface area contributed by atoms with Gasteiger partial charge in [-0.2, -0.15) is 5.10 Å². The Balaban J connectivity index is 1.75. The van der Waals surface area contributed by atoms with Crippen LogP contribution in [0.15, 0.2) is 24.3 Å². The van der Waals surface area contributed by atoms with Crippen LogP contribution in [-0.4, -0.2) is 34.7 Å². The summed E-state index contributed by atoms with van der Waals surface area (Å²) in [6.07, 6.45) is 0.823. The molecule has 2 aromatic rings. The average Bonchev–Trinajstić information content (AvgIpc) is 3.00. The molecule has 1 aliphatic rings. The van der Waals surface area contributed by atoms with Crippen LogP contribution in [0.25, 0.3) is 0 Å². The van der Waals surface area contributed by atoms with E-state index in [1.807, 2.05) is 13.8 Å². The maximum Gasteiger partial charge on any atom is 0.319 e. The smallest absolute Gasteiger partial charge is 0.319 e. The first-order chi connectivity index (χ1) is 12.0. The molecule has 8 heteroatoms. The summed E-state index contributed by atoms with van der Waals surface area (Å²) in [6, 6.07) is 6.75. The number of carbonyl (C=O) groups is 2. The van der Waals surface area contributed by atoms with Gasteiger partial charge in [-0.1, -0.05) is 12.1 Å². The largest absolute Gasteiger partial charge is 0.336 e. The molecular formula is C17H22N6O2. The zero-order valence-electron chi connectivity index (χ0n) is 14.3. The van der Waals surface area contributed by atoms with Gasteiger partial charge in [-0.25, -0.2) is 4.79 Å². The molecule has 1 aromatic heterocycles. The highest BCUT2D eigenvalue weighted by atomic mass is 16.2. The highest BCUT2D eigenvalue weighted by molar-refractivity contribution is 6.07. The van der Waals surface area contributed by atoms with E-state index < -0.39 is 0 Å². The Kier molecular flexibility index (Phi) is 4.99. The molecular weight excluding hydrogens is 320 g/mol. The predicted octanol–water partition coefficient (Wildman–Crippen LogP) is 1.84. The zero-order chi connectivity index (χ0) is 17.8. The van der Waals surface area contributed by atoms with E-state index in [9.17, 15) is 9.59 Å². The van der Waals surface area contributed by atoms with Crippen LogP contribution < -0.4 is 21.3 Å². The van der Waals surface area contributed by atoms with Crippen LogP contribution in [0.3, 0.4) is 0 Å². The molecule has 8 nitrogen and oxygen atoms in total. The molecule has 0 spiro atoms. The minimum Gasteiger partial charge on any atom is -0.336 e. The summed E-state index contributed by atoms with van der Waals surface area (Å²) in [4.78, 5) is 24.5. The molecule has 3 rings (SSSR count). The summed E-state index contributed by atoms with van der Waals surface area (Å²) in [6.45, 7) is 5.24. The Bertz CT molecular complexity index is 783. The van der Waals surface area contributed by atoms with Crippen LogP contribution >= 0.6 is 0 Å².